The van der Waals surface area contributed by atoms with E-state index < -0.39 is 0 Å². The van der Waals surface area contributed by atoms with Gasteiger partial charge >= 0.3 is 0 Å². The molecule has 1 aliphatic carbocycles. The van der Waals surface area contributed by atoms with Crippen LogP contribution in [0.4, 0.5) is 0 Å². The van der Waals surface area contributed by atoms with Gasteiger partial charge in [0.1, 0.15) is 5.82 Å². The fourth-order valence-corrected chi connectivity index (χ4v) is 3.23. The van der Waals surface area contributed by atoms with Crippen LogP contribution in [0.25, 0.3) is 11.0 Å². The fourth-order valence-electron chi connectivity index (χ4n) is 3.23. The van der Waals surface area contributed by atoms with Gasteiger partial charge in [0.05, 0.1) is 11.0 Å². The molecular weight excluding hydrogens is 288 g/mol. The van der Waals surface area contributed by atoms with Crippen molar-refractivity contribution in [3.8, 4) is 0 Å². The first-order chi connectivity index (χ1) is 11.1. The summed E-state index contributed by atoms with van der Waals surface area (Å²) in [7, 11) is 3.54. The molecule has 2 aromatic rings. The predicted octanol–water partition coefficient (Wildman–Crippen LogP) is 2.05. The average Bonchev–Trinajstić information content (AvgIpc) is 2.71. The summed E-state index contributed by atoms with van der Waals surface area (Å²) in [5.74, 6) is 1.13. The third-order valence-electron chi connectivity index (χ3n) is 4.58. The van der Waals surface area contributed by atoms with Crippen molar-refractivity contribution >= 4 is 16.9 Å². The zero-order valence-electron chi connectivity index (χ0n) is 13.5. The Kier molecular flexibility index (Phi) is 3.22. The van der Waals surface area contributed by atoms with Crippen molar-refractivity contribution in [1.82, 2.24) is 19.4 Å². The quantitative estimate of drug-likeness (QED) is 0.852. The van der Waals surface area contributed by atoms with Crippen LogP contribution in [0.3, 0.4) is 0 Å². The van der Waals surface area contributed by atoms with Crippen LogP contribution in [0, 0.1) is 0 Å². The highest BCUT2D eigenvalue weighted by molar-refractivity contribution is 5.97. The van der Waals surface area contributed by atoms with Gasteiger partial charge in [-0.15, -0.1) is 0 Å². The summed E-state index contributed by atoms with van der Waals surface area (Å²) in [6.45, 7) is 2.91. The van der Waals surface area contributed by atoms with E-state index in [0.717, 1.165) is 42.9 Å². The third-order valence-corrected chi connectivity index (χ3v) is 4.58. The minimum atomic E-state index is 0.0185. The molecule has 1 amide bonds. The Morgan fingerprint density at radius 3 is 2.74 bits per heavy atom. The van der Waals surface area contributed by atoms with E-state index in [1.807, 2.05) is 18.2 Å². The number of fused-ring (bicyclic) bond motifs is 3. The van der Waals surface area contributed by atoms with Crippen LogP contribution in [-0.4, -0.2) is 52.4 Å². The summed E-state index contributed by atoms with van der Waals surface area (Å²) in [6.07, 6.45) is 7.32. The molecule has 0 N–H and O–H groups in total. The first kappa shape index (κ1) is 14.1. The Balaban J connectivity index is 1.65. The highest BCUT2D eigenvalue weighted by Gasteiger charge is 2.20. The van der Waals surface area contributed by atoms with Crippen LogP contribution in [-0.2, 0) is 13.0 Å². The van der Waals surface area contributed by atoms with Crippen molar-refractivity contribution in [2.24, 2.45) is 0 Å². The number of hydrogen-bond acceptors (Lipinski definition) is 3. The maximum Gasteiger partial charge on any atom is 0.253 e. The zero-order valence-corrected chi connectivity index (χ0v) is 13.5. The molecule has 0 radical (unpaired) electrons. The number of aromatic nitrogens is 2. The van der Waals surface area contributed by atoms with Crippen LogP contribution < -0.4 is 0 Å². The Bertz CT molecular complexity index is 844. The summed E-state index contributed by atoms with van der Waals surface area (Å²) in [5, 5.41) is 0. The predicted molar refractivity (Wildman–Crippen MR) is 90.3 cm³/mol. The first-order valence-electron chi connectivity index (χ1n) is 7.97. The van der Waals surface area contributed by atoms with E-state index >= 15 is 0 Å². The topological polar surface area (TPSA) is 41.4 Å². The van der Waals surface area contributed by atoms with E-state index in [-0.39, 0.29) is 5.91 Å². The van der Waals surface area contributed by atoms with Crippen LogP contribution in [0.15, 0.2) is 42.1 Å². The molecule has 1 aromatic heterocycles. The van der Waals surface area contributed by atoms with Gasteiger partial charge in [0.25, 0.3) is 5.91 Å². The lowest BCUT2D eigenvalue weighted by atomic mass is 10.2. The second-order valence-electron chi connectivity index (χ2n) is 6.27. The van der Waals surface area contributed by atoms with Gasteiger partial charge in [-0.2, -0.15) is 0 Å². The van der Waals surface area contributed by atoms with Crippen molar-refractivity contribution in [3.05, 3.63) is 53.5 Å². The van der Waals surface area contributed by atoms with E-state index in [4.69, 9.17) is 4.98 Å². The van der Waals surface area contributed by atoms with Gasteiger partial charge in [0.2, 0.25) is 0 Å². The molecule has 0 spiro atoms. The van der Waals surface area contributed by atoms with Crippen molar-refractivity contribution < 1.29 is 4.79 Å². The Morgan fingerprint density at radius 2 is 2.04 bits per heavy atom. The van der Waals surface area contributed by atoms with E-state index in [1.165, 1.54) is 5.70 Å². The van der Waals surface area contributed by atoms with E-state index in [0.29, 0.717) is 5.56 Å². The largest absolute Gasteiger partial charge is 0.369 e. The molecule has 0 unspecified atom stereocenters. The third kappa shape index (κ3) is 2.32. The molecule has 0 atom stereocenters. The second kappa shape index (κ2) is 5.26. The molecule has 5 nitrogen and oxygen atoms in total. The van der Waals surface area contributed by atoms with Crippen molar-refractivity contribution in [3.63, 3.8) is 0 Å². The summed E-state index contributed by atoms with van der Waals surface area (Å²) in [4.78, 5) is 20.9. The van der Waals surface area contributed by atoms with E-state index in [1.54, 1.807) is 19.0 Å². The minimum absolute atomic E-state index is 0.0185. The normalized spacial score (nSPS) is 16.6. The van der Waals surface area contributed by atoms with Crippen molar-refractivity contribution in [2.45, 2.75) is 13.0 Å². The molecule has 1 aliphatic heterocycles. The van der Waals surface area contributed by atoms with E-state index in [2.05, 4.69) is 27.7 Å². The molecule has 23 heavy (non-hydrogen) atoms. The number of imidazole rings is 1. The molecule has 0 fully saturated rings. The van der Waals surface area contributed by atoms with Crippen LogP contribution in [0.5, 0.6) is 0 Å². The molecular formula is C18H20N4O. The van der Waals surface area contributed by atoms with Crippen LogP contribution in [0.1, 0.15) is 16.2 Å². The number of rotatable bonds is 2. The lowest BCUT2D eigenvalue weighted by Gasteiger charge is -2.25. The lowest BCUT2D eigenvalue weighted by molar-refractivity contribution is 0.0828. The SMILES string of the molecule is CN(C)C(=O)c1ccc2c(c1)nc1n2CCN(C2=CC=C2)CC1. The van der Waals surface area contributed by atoms with Gasteiger partial charge in [-0.1, -0.05) is 6.08 Å². The van der Waals surface area contributed by atoms with Crippen molar-refractivity contribution in [2.75, 3.05) is 27.2 Å². The molecule has 4 rings (SSSR count). The highest BCUT2D eigenvalue weighted by atomic mass is 16.2. The molecule has 5 heteroatoms. The number of carbonyl (C=O) groups excluding carboxylic acids is 1. The average molecular weight is 308 g/mol. The Morgan fingerprint density at radius 1 is 1.22 bits per heavy atom. The lowest BCUT2D eigenvalue weighted by Crippen LogP contribution is -2.26. The Labute approximate surface area is 135 Å². The molecule has 118 valence electrons. The molecule has 2 aliphatic rings. The van der Waals surface area contributed by atoms with Gasteiger partial charge in [-0.3, -0.25) is 4.79 Å². The molecule has 2 heterocycles. The maximum atomic E-state index is 12.1. The van der Waals surface area contributed by atoms with Crippen molar-refractivity contribution in [1.29, 1.82) is 0 Å². The van der Waals surface area contributed by atoms with Gasteiger partial charge in [-0.05, 0) is 30.4 Å². The molecule has 1 aromatic carbocycles. The standard InChI is InChI=1S/C18H20N4O/c1-20(2)18(23)13-6-7-16-15(12-13)19-17-8-9-21(10-11-22(16)17)14-4-3-5-14/h3-7,12H,8-11H2,1-2H3. The summed E-state index contributed by atoms with van der Waals surface area (Å²) < 4.78 is 2.29. The summed E-state index contributed by atoms with van der Waals surface area (Å²) >= 11 is 0. The number of amides is 1. The Hall–Kier alpha value is -2.56. The molecule has 0 saturated heterocycles. The van der Waals surface area contributed by atoms with Gasteiger partial charge in [0, 0.05) is 51.4 Å². The van der Waals surface area contributed by atoms with E-state index in [9.17, 15) is 4.79 Å². The van der Waals surface area contributed by atoms with Gasteiger partial charge < -0.3 is 14.4 Å². The second-order valence-corrected chi connectivity index (χ2v) is 6.27. The fraction of sp³-hybridized carbons (Fsp3) is 0.333. The highest BCUT2D eigenvalue weighted by Crippen LogP contribution is 2.23. The summed E-state index contributed by atoms with van der Waals surface area (Å²) in [6, 6.07) is 5.84. The minimum Gasteiger partial charge on any atom is -0.369 e. The number of hydrogen-bond donors (Lipinski definition) is 0. The number of carbonyl (C=O) groups is 1. The maximum absolute atomic E-state index is 12.1. The van der Waals surface area contributed by atoms with Crippen LogP contribution >= 0.6 is 0 Å². The molecule has 0 bridgehead atoms. The van der Waals surface area contributed by atoms with Gasteiger partial charge in [0.15, 0.2) is 0 Å². The molecule has 0 saturated carbocycles. The smallest absolute Gasteiger partial charge is 0.253 e. The first-order valence-corrected chi connectivity index (χ1v) is 7.97. The van der Waals surface area contributed by atoms with Gasteiger partial charge in [-0.25, -0.2) is 4.98 Å². The number of benzene rings is 1. The van der Waals surface area contributed by atoms with Crippen LogP contribution in [0.2, 0.25) is 0 Å². The number of nitrogens with zero attached hydrogens (tertiary/aromatic N) is 4. The number of allylic oxidation sites excluding steroid dienone is 3. The summed E-state index contributed by atoms with van der Waals surface area (Å²) in [5.41, 5.74) is 4.06. The monoisotopic (exact) mass is 308 g/mol. The zero-order chi connectivity index (χ0) is 16.0.